The van der Waals surface area contributed by atoms with Crippen molar-refractivity contribution in [1.82, 2.24) is 0 Å². The number of ether oxygens (including phenoxy) is 1. The first-order chi connectivity index (χ1) is 8.62. The van der Waals surface area contributed by atoms with Crippen LogP contribution in [0.3, 0.4) is 0 Å². The molecule has 19 heavy (non-hydrogen) atoms. The number of hydrogen-bond donors (Lipinski definition) is 0. The molecule has 1 aromatic rings. The summed E-state index contributed by atoms with van der Waals surface area (Å²) in [6.07, 6.45) is 0. The Labute approximate surface area is 115 Å². The first-order valence-electron chi connectivity index (χ1n) is 6.41. The van der Waals surface area contributed by atoms with Gasteiger partial charge in [-0.3, -0.25) is 9.59 Å². The number of esters is 1. The Bertz CT molecular complexity index is 484. The van der Waals surface area contributed by atoms with E-state index in [2.05, 4.69) is 20.8 Å². The fourth-order valence-electron chi connectivity index (χ4n) is 2.08. The van der Waals surface area contributed by atoms with Gasteiger partial charge in [0.2, 0.25) is 5.78 Å². The minimum Gasteiger partial charge on any atom is -0.457 e. The van der Waals surface area contributed by atoms with Crippen LogP contribution < -0.4 is 0 Å². The van der Waals surface area contributed by atoms with Crippen LogP contribution in [0.25, 0.3) is 0 Å². The molecule has 0 fully saturated rings. The lowest BCUT2D eigenvalue weighted by Crippen LogP contribution is -2.17. The van der Waals surface area contributed by atoms with Crippen LogP contribution in [0.1, 0.15) is 54.7 Å². The minimum absolute atomic E-state index is 0.0486. The van der Waals surface area contributed by atoms with Gasteiger partial charge in [0.25, 0.3) is 0 Å². The Morgan fingerprint density at radius 1 is 1.11 bits per heavy atom. The van der Waals surface area contributed by atoms with Crippen LogP contribution >= 0.6 is 0 Å². The summed E-state index contributed by atoms with van der Waals surface area (Å²) in [7, 11) is 0. The highest BCUT2D eigenvalue weighted by Gasteiger charge is 2.19. The summed E-state index contributed by atoms with van der Waals surface area (Å²) in [4.78, 5) is 22.8. The van der Waals surface area contributed by atoms with Crippen LogP contribution in [0, 0.1) is 13.8 Å². The highest BCUT2D eigenvalue weighted by molar-refractivity contribution is 6.00. The van der Waals surface area contributed by atoms with Crippen LogP contribution in [-0.2, 0) is 14.9 Å². The normalized spacial score (nSPS) is 11.3. The standard InChI is InChI=1S/C16H22O3/c1-10-7-13(16(4,5)6)8-11(2)15(10)14(18)9-19-12(3)17/h7-8H,9H2,1-6H3. The zero-order chi connectivity index (χ0) is 14.8. The fourth-order valence-corrected chi connectivity index (χ4v) is 2.08. The van der Waals surface area contributed by atoms with Crippen LogP contribution in [0.15, 0.2) is 12.1 Å². The second-order valence-corrected chi connectivity index (χ2v) is 5.94. The smallest absolute Gasteiger partial charge is 0.303 e. The molecular formula is C16H22O3. The second-order valence-electron chi connectivity index (χ2n) is 5.94. The molecule has 0 atom stereocenters. The SMILES string of the molecule is CC(=O)OCC(=O)c1c(C)cc(C(C)(C)C)cc1C. The predicted molar refractivity (Wildman–Crippen MR) is 75.6 cm³/mol. The van der Waals surface area contributed by atoms with Crippen molar-refractivity contribution < 1.29 is 14.3 Å². The molecule has 0 aliphatic carbocycles. The van der Waals surface area contributed by atoms with E-state index < -0.39 is 5.97 Å². The van der Waals surface area contributed by atoms with Gasteiger partial charge in [-0.2, -0.15) is 0 Å². The molecule has 0 spiro atoms. The van der Waals surface area contributed by atoms with Crippen molar-refractivity contribution in [1.29, 1.82) is 0 Å². The van der Waals surface area contributed by atoms with E-state index in [1.165, 1.54) is 12.5 Å². The number of rotatable bonds is 3. The Kier molecular flexibility index (Phi) is 4.51. The van der Waals surface area contributed by atoms with Crippen molar-refractivity contribution in [2.24, 2.45) is 0 Å². The van der Waals surface area contributed by atoms with Gasteiger partial charge in [0.1, 0.15) is 0 Å². The lowest BCUT2D eigenvalue weighted by molar-refractivity contribution is -0.139. The van der Waals surface area contributed by atoms with Gasteiger partial charge < -0.3 is 4.74 Å². The molecule has 0 bridgehead atoms. The molecule has 0 N–H and O–H groups in total. The summed E-state index contributed by atoms with van der Waals surface area (Å²) in [5, 5.41) is 0. The Hall–Kier alpha value is -1.64. The average Bonchev–Trinajstić information content (AvgIpc) is 2.24. The molecule has 0 heterocycles. The van der Waals surface area contributed by atoms with Gasteiger partial charge >= 0.3 is 5.97 Å². The van der Waals surface area contributed by atoms with Gasteiger partial charge in [-0.05, 0) is 36.0 Å². The zero-order valence-electron chi connectivity index (χ0n) is 12.6. The lowest BCUT2D eigenvalue weighted by Gasteiger charge is -2.22. The molecule has 0 aliphatic rings. The molecule has 3 nitrogen and oxygen atoms in total. The van der Waals surface area contributed by atoms with Gasteiger partial charge in [-0.1, -0.05) is 32.9 Å². The van der Waals surface area contributed by atoms with E-state index in [-0.39, 0.29) is 17.8 Å². The number of ketones is 1. The Morgan fingerprint density at radius 2 is 1.58 bits per heavy atom. The van der Waals surface area contributed by atoms with Crippen LogP contribution in [0.5, 0.6) is 0 Å². The first-order valence-corrected chi connectivity index (χ1v) is 6.41. The van der Waals surface area contributed by atoms with Crippen LogP contribution in [0.2, 0.25) is 0 Å². The summed E-state index contributed by atoms with van der Waals surface area (Å²) in [6, 6.07) is 4.07. The van der Waals surface area contributed by atoms with E-state index in [9.17, 15) is 9.59 Å². The van der Waals surface area contributed by atoms with Gasteiger partial charge in [-0.15, -0.1) is 0 Å². The van der Waals surface area contributed by atoms with Crippen LogP contribution in [0.4, 0.5) is 0 Å². The number of hydrogen-bond acceptors (Lipinski definition) is 3. The number of benzene rings is 1. The quantitative estimate of drug-likeness (QED) is 0.619. The summed E-state index contributed by atoms with van der Waals surface area (Å²) in [6.45, 7) is 11.4. The maximum atomic E-state index is 12.1. The molecule has 3 heteroatoms. The van der Waals surface area contributed by atoms with Gasteiger partial charge in [-0.25, -0.2) is 0 Å². The van der Waals surface area contributed by atoms with Crippen molar-refractivity contribution in [2.75, 3.05) is 6.61 Å². The van der Waals surface area contributed by atoms with E-state index in [1.807, 2.05) is 26.0 Å². The van der Waals surface area contributed by atoms with E-state index >= 15 is 0 Å². The third kappa shape index (κ3) is 3.91. The van der Waals surface area contributed by atoms with E-state index in [1.54, 1.807) is 0 Å². The monoisotopic (exact) mass is 262 g/mol. The second kappa shape index (κ2) is 5.55. The Morgan fingerprint density at radius 3 is 1.95 bits per heavy atom. The number of Topliss-reactive ketones (excluding diaryl/α,β-unsaturated/α-hetero) is 1. The van der Waals surface area contributed by atoms with Gasteiger partial charge in [0, 0.05) is 12.5 Å². The minimum atomic E-state index is -0.435. The molecule has 0 radical (unpaired) electrons. The first kappa shape index (κ1) is 15.4. The van der Waals surface area contributed by atoms with Crippen molar-refractivity contribution in [3.8, 4) is 0 Å². The van der Waals surface area contributed by atoms with E-state index in [0.29, 0.717) is 5.56 Å². The maximum Gasteiger partial charge on any atom is 0.303 e. The molecular weight excluding hydrogens is 240 g/mol. The third-order valence-corrected chi connectivity index (χ3v) is 3.08. The molecule has 0 amide bonds. The van der Waals surface area contributed by atoms with Crippen molar-refractivity contribution in [3.05, 3.63) is 34.4 Å². The van der Waals surface area contributed by atoms with Crippen molar-refractivity contribution in [2.45, 2.75) is 47.0 Å². The number of aryl methyl sites for hydroxylation is 2. The number of carbonyl (C=O) groups excluding carboxylic acids is 2. The van der Waals surface area contributed by atoms with Gasteiger partial charge in [0.15, 0.2) is 6.61 Å². The zero-order valence-corrected chi connectivity index (χ0v) is 12.6. The molecule has 1 rings (SSSR count). The molecule has 104 valence electrons. The molecule has 0 saturated heterocycles. The van der Waals surface area contributed by atoms with E-state index in [0.717, 1.165) is 11.1 Å². The molecule has 0 saturated carbocycles. The molecule has 1 aromatic carbocycles. The summed E-state index contributed by atoms with van der Waals surface area (Å²) in [5.74, 6) is -0.583. The largest absolute Gasteiger partial charge is 0.457 e. The molecule has 0 aliphatic heterocycles. The Balaban J connectivity index is 3.10. The van der Waals surface area contributed by atoms with Crippen molar-refractivity contribution >= 4 is 11.8 Å². The highest BCUT2D eigenvalue weighted by Crippen LogP contribution is 2.27. The topological polar surface area (TPSA) is 43.4 Å². The van der Waals surface area contributed by atoms with E-state index in [4.69, 9.17) is 4.74 Å². The van der Waals surface area contributed by atoms with Gasteiger partial charge in [0.05, 0.1) is 0 Å². The maximum absolute atomic E-state index is 12.1. The van der Waals surface area contributed by atoms with Crippen molar-refractivity contribution in [3.63, 3.8) is 0 Å². The summed E-state index contributed by atoms with van der Waals surface area (Å²) >= 11 is 0. The average molecular weight is 262 g/mol. The summed E-state index contributed by atoms with van der Waals surface area (Å²) < 4.78 is 4.78. The predicted octanol–water partition coefficient (Wildman–Crippen LogP) is 3.35. The highest BCUT2D eigenvalue weighted by atomic mass is 16.5. The lowest BCUT2D eigenvalue weighted by atomic mass is 9.83. The fraction of sp³-hybridized carbons (Fsp3) is 0.500. The number of carbonyl (C=O) groups is 2. The molecule has 0 aromatic heterocycles. The summed E-state index contributed by atoms with van der Waals surface area (Å²) in [5.41, 5.74) is 3.78. The molecule has 0 unspecified atom stereocenters. The van der Waals surface area contributed by atoms with Crippen LogP contribution in [-0.4, -0.2) is 18.4 Å². The third-order valence-electron chi connectivity index (χ3n) is 3.08.